The summed E-state index contributed by atoms with van der Waals surface area (Å²) in [5.41, 5.74) is -0.443. The van der Waals surface area contributed by atoms with Crippen LogP contribution in [0, 0.1) is 5.41 Å². The predicted molar refractivity (Wildman–Crippen MR) is 116 cm³/mol. The first-order chi connectivity index (χ1) is 13.6. The molecule has 30 heavy (non-hydrogen) atoms. The van der Waals surface area contributed by atoms with Gasteiger partial charge in [0, 0.05) is 31.8 Å². The zero-order chi connectivity index (χ0) is 22.9. The Labute approximate surface area is 188 Å². The zero-order valence-corrected chi connectivity index (χ0v) is 20.2. The van der Waals surface area contributed by atoms with E-state index in [-0.39, 0.29) is 17.7 Å². The van der Waals surface area contributed by atoms with Gasteiger partial charge in [0.1, 0.15) is 12.8 Å². The normalized spacial score (nSPS) is 14.2. The number of nitrogens with zero attached hydrogens (tertiary/aromatic N) is 2. The summed E-state index contributed by atoms with van der Waals surface area (Å²) in [5.74, 6) is -0.695. The molecule has 2 aromatic rings. The highest BCUT2D eigenvalue weighted by Crippen LogP contribution is 2.37. The van der Waals surface area contributed by atoms with E-state index in [1.807, 2.05) is 0 Å². The van der Waals surface area contributed by atoms with Crippen molar-refractivity contribution >= 4 is 59.7 Å². The number of nitrogens with one attached hydrogen (secondary N) is 1. The van der Waals surface area contributed by atoms with Crippen molar-refractivity contribution in [2.45, 2.75) is 55.4 Å². The van der Waals surface area contributed by atoms with Gasteiger partial charge in [-0.25, -0.2) is 4.68 Å². The lowest BCUT2D eigenvalue weighted by Crippen LogP contribution is -2.23. The fourth-order valence-corrected chi connectivity index (χ4v) is 3.49. The van der Waals surface area contributed by atoms with Gasteiger partial charge in [0.25, 0.3) is 3.79 Å². The van der Waals surface area contributed by atoms with Gasteiger partial charge >= 0.3 is 6.18 Å². The number of aromatic nitrogens is 2. The van der Waals surface area contributed by atoms with Gasteiger partial charge in [-0.1, -0.05) is 54.4 Å². The lowest BCUT2D eigenvalue weighted by Gasteiger charge is -2.20. The Bertz CT molecular complexity index is 908. The summed E-state index contributed by atoms with van der Waals surface area (Å²) in [6, 6.07) is 2.90. The van der Waals surface area contributed by atoms with Crippen LogP contribution in [0.4, 0.5) is 13.2 Å². The lowest BCUT2D eigenvalue weighted by molar-refractivity contribution is -0.137. The maximum Gasteiger partial charge on any atom is 0.416 e. The van der Waals surface area contributed by atoms with Crippen molar-refractivity contribution in [2.24, 2.45) is 0 Å². The van der Waals surface area contributed by atoms with Gasteiger partial charge in [-0.05, 0) is 25.1 Å². The Morgan fingerprint density at radius 1 is 1.23 bits per heavy atom. The van der Waals surface area contributed by atoms with Crippen molar-refractivity contribution < 1.29 is 22.6 Å². The standard InChI is InChI=1S/C18H23Cl3F3N3O2Si/c1-11(29-16(25)17(19,20)21)14-8-13(18(22,23)24)7-12-9-27(26-15(12)14)10-28-5-6-30(2,3)4/h7-9,11,25H,5-6,10H2,1-4H3. The first-order valence-electron chi connectivity index (χ1n) is 9.06. The number of alkyl halides is 6. The van der Waals surface area contributed by atoms with E-state index in [4.69, 9.17) is 49.7 Å². The molecule has 168 valence electrons. The fourth-order valence-electron chi connectivity index (χ4n) is 2.60. The van der Waals surface area contributed by atoms with Crippen LogP contribution < -0.4 is 0 Å². The third-order valence-corrected chi connectivity index (χ3v) is 6.44. The maximum absolute atomic E-state index is 13.4. The molecule has 0 bridgehead atoms. The Morgan fingerprint density at radius 2 is 1.87 bits per heavy atom. The number of hydrogen-bond acceptors (Lipinski definition) is 4. The van der Waals surface area contributed by atoms with Gasteiger partial charge in [0.2, 0.25) is 5.90 Å². The Hall–Kier alpha value is -1.00. The third-order valence-electron chi connectivity index (χ3n) is 4.22. The van der Waals surface area contributed by atoms with Gasteiger partial charge in [0.05, 0.1) is 11.1 Å². The molecule has 2 rings (SSSR count). The highest BCUT2D eigenvalue weighted by atomic mass is 35.6. The molecule has 0 spiro atoms. The van der Waals surface area contributed by atoms with Crippen LogP contribution in [0.1, 0.15) is 24.2 Å². The molecule has 12 heteroatoms. The average Bonchev–Trinajstić information content (AvgIpc) is 2.98. The van der Waals surface area contributed by atoms with E-state index < -0.39 is 35.6 Å². The molecule has 0 fully saturated rings. The number of benzene rings is 1. The molecule has 0 saturated carbocycles. The first kappa shape index (κ1) is 25.3. The molecule has 0 amide bonds. The molecule has 1 aromatic carbocycles. The molecular formula is C18H23Cl3F3N3O2Si. The predicted octanol–water partition coefficient (Wildman–Crippen LogP) is 6.79. The zero-order valence-electron chi connectivity index (χ0n) is 16.9. The molecule has 1 unspecified atom stereocenters. The van der Waals surface area contributed by atoms with Crippen molar-refractivity contribution in [3.63, 3.8) is 0 Å². The summed E-state index contributed by atoms with van der Waals surface area (Å²) in [6.45, 7) is 8.79. The van der Waals surface area contributed by atoms with Crippen LogP contribution in [0.2, 0.25) is 25.7 Å². The van der Waals surface area contributed by atoms with E-state index in [1.165, 1.54) is 17.8 Å². The van der Waals surface area contributed by atoms with Crippen LogP contribution in [0.3, 0.4) is 0 Å². The SMILES string of the molecule is CC(OC(=N)C(Cl)(Cl)Cl)c1cc(C(F)(F)F)cc2cn(COCC[Si](C)(C)C)nc12. The summed E-state index contributed by atoms with van der Waals surface area (Å²) in [7, 11) is -1.26. The summed E-state index contributed by atoms with van der Waals surface area (Å²) in [6.07, 6.45) is -4.09. The van der Waals surface area contributed by atoms with Crippen molar-refractivity contribution in [3.8, 4) is 0 Å². The van der Waals surface area contributed by atoms with E-state index in [0.717, 1.165) is 18.2 Å². The maximum atomic E-state index is 13.4. The second-order valence-corrected chi connectivity index (χ2v) is 16.0. The first-order valence-corrected chi connectivity index (χ1v) is 13.9. The molecule has 1 N–H and O–H groups in total. The fraction of sp³-hybridized carbons (Fsp3) is 0.556. The van der Waals surface area contributed by atoms with Gasteiger partial charge in [-0.2, -0.15) is 18.3 Å². The van der Waals surface area contributed by atoms with E-state index in [0.29, 0.717) is 12.1 Å². The van der Waals surface area contributed by atoms with Crippen molar-refractivity contribution in [2.75, 3.05) is 6.61 Å². The number of halogens is 6. The second-order valence-electron chi connectivity index (χ2n) is 8.10. The molecule has 0 saturated heterocycles. The average molecular weight is 505 g/mol. The van der Waals surface area contributed by atoms with Gasteiger partial charge in [-0.15, -0.1) is 0 Å². The van der Waals surface area contributed by atoms with Gasteiger partial charge < -0.3 is 9.47 Å². The molecule has 0 aliphatic rings. The van der Waals surface area contributed by atoms with Crippen LogP contribution in [-0.4, -0.2) is 34.2 Å². The molecule has 5 nitrogen and oxygen atoms in total. The van der Waals surface area contributed by atoms with E-state index in [2.05, 4.69) is 24.7 Å². The second kappa shape index (κ2) is 9.24. The van der Waals surface area contributed by atoms with Crippen molar-refractivity contribution in [1.82, 2.24) is 9.78 Å². The molecule has 1 heterocycles. The molecule has 1 atom stereocenters. The number of rotatable bonds is 7. The summed E-state index contributed by atoms with van der Waals surface area (Å²) in [5, 5.41) is 12.3. The van der Waals surface area contributed by atoms with E-state index in [1.54, 1.807) is 0 Å². The Kier molecular flexibility index (Phi) is 7.78. The molecule has 0 radical (unpaired) electrons. The minimum Gasteiger partial charge on any atom is -0.470 e. The molecule has 0 aliphatic carbocycles. The largest absolute Gasteiger partial charge is 0.470 e. The minimum atomic E-state index is -4.57. The Morgan fingerprint density at radius 3 is 2.40 bits per heavy atom. The highest BCUT2D eigenvalue weighted by molar-refractivity contribution is 6.76. The summed E-state index contributed by atoms with van der Waals surface area (Å²) >= 11 is 16.8. The van der Waals surface area contributed by atoms with Crippen LogP contribution >= 0.6 is 34.8 Å². The molecule has 0 aliphatic heterocycles. The van der Waals surface area contributed by atoms with Crippen LogP contribution in [0.5, 0.6) is 0 Å². The summed E-state index contributed by atoms with van der Waals surface area (Å²) in [4.78, 5) is 0. The van der Waals surface area contributed by atoms with Crippen molar-refractivity contribution in [3.05, 3.63) is 29.5 Å². The number of ether oxygens (including phenoxy) is 2. The highest BCUT2D eigenvalue weighted by Gasteiger charge is 2.34. The van der Waals surface area contributed by atoms with Crippen LogP contribution in [0.25, 0.3) is 10.9 Å². The van der Waals surface area contributed by atoms with Crippen LogP contribution in [-0.2, 0) is 22.4 Å². The van der Waals surface area contributed by atoms with Gasteiger partial charge in [0.15, 0.2) is 0 Å². The van der Waals surface area contributed by atoms with E-state index in [9.17, 15) is 13.2 Å². The van der Waals surface area contributed by atoms with E-state index >= 15 is 0 Å². The number of fused-ring (bicyclic) bond motifs is 1. The quantitative estimate of drug-likeness (QED) is 0.148. The topological polar surface area (TPSA) is 60.1 Å². The minimum absolute atomic E-state index is 0.110. The van der Waals surface area contributed by atoms with Gasteiger partial charge in [-0.3, -0.25) is 5.41 Å². The smallest absolute Gasteiger partial charge is 0.416 e. The van der Waals surface area contributed by atoms with Crippen molar-refractivity contribution in [1.29, 1.82) is 5.41 Å². The molecular weight excluding hydrogens is 482 g/mol. The molecule has 1 aromatic heterocycles. The lowest BCUT2D eigenvalue weighted by atomic mass is 10.0. The third kappa shape index (κ3) is 7.02. The number of hydrogen-bond donors (Lipinski definition) is 1. The monoisotopic (exact) mass is 503 g/mol. The van der Waals surface area contributed by atoms with Crippen LogP contribution in [0.15, 0.2) is 18.3 Å². The Balaban J connectivity index is 2.34. The summed E-state index contributed by atoms with van der Waals surface area (Å²) < 4.78 is 50.4.